The Balaban J connectivity index is 1.68. The maximum Gasteiger partial charge on any atom is 0.225 e. The van der Waals surface area contributed by atoms with E-state index in [1.54, 1.807) is 11.9 Å². The second kappa shape index (κ2) is 7.13. The lowest BCUT2D eigenvalue weighted by Crippen LogP contribution is -2.36. The van der Waals surface area contributed by atoms with Crippen molar-refractivity contribution in [3.05, 3.63) is 35.9 Å². The van der Waals surface area contributed by atoms with Crippen LogP contribution in [0.2, 0.25) is 0 Å². The van der Waals surface area contributed by atoms with E-state index in [1.165, 1.54) is 0 Å². The number of hydrogen-bond donors (Lipinski definition) is 1. The van der Waals surface area contributed by atoms with Crippen molar-refractivity contribution in [2.75, 3.05) is 26.8 Å². The van der Waals surface area contributed by atoms with Crippen LogP contribution in [0.5, 0.6) is 0 Å². The van der Waals surface area contributed by atoms with Gasteiger partial charge in [0.15, 0.2) is 0 Å². The van der Waals surface area contributed by atoms with Gasteiger partial charge >= 0.3 is 0 Å². The molecule has 3 rings (SSSR count). The summed E-state index contributed by atoms with van der Waals surface area (Å²) in [6.45, 7) is 2.09. The number of hydrogen-bond acceptors (Lipinski definition) is 3. The van der Waals surface area contributed by atoms with Crippen LogP contribution >= 0.6 is 0 Å². The highest BCUT2D eigenvalue weighted by Gasteiger charge is 2.33. The molecule has 2 fully saturated rings. The topological polar surface area (TPSA) is 58.6 Å². The number of carbonyl (C=O) groups excluding carboxylic acids is 2. The number of carbonyl (C=O) groups is 2. The summed E-state index contributed by atoms with van der Waals surface area (Å²) in [5, 5.41) is 3.17. The van der Waals surface area contributed by atoms with Gasteiger partial charge < -0.3 is 15.0 Å². The van der Waals surface area contributed by atoms with Gasteiger partial charge in [-0.15, -0.1) is 0 Å². The van der Waals surface area contributed by atoms with Gasteiger partial charge in [-0.2, -0.15) is 0 Å². The van der Waals surface area contributed by atoms with Gasteiger partial charge in [-0.05, 0) is 24.3 Å². The molecular weight excluding hydrogens is 292 g/mol. The average molecular weight is 316 g/mol. The third-order valence-electron chi connectivity index (χ3n) is 4.82. The third kappa shape index (κ3) is 3.91. The van der Waals surface area contributed by atoms with Crippen molar-refractivity contribution in [2.24, 2.45) is 11.8 Å². The number of benzene rings is 1. The minimum atomic E-state index is -0.237. The average Bonchev–Trinajstić information content (AvgIpc) is 3.18. The fourth-order valence-corrected chi connectivity index (χ4v) is 3.39. The molecule has 0 spiro atoms. The van der Waals surface area contributed by atoms with Crippen molar-refractivity contribution >= 4 is 11.8 Å². The summed E-state index contributed by atoms with van der Waals surface area (Å²) < 4.78 is 5.46. The molecule has 0 unspecified atom stereocenters. The lowest BCUT2D eigenvalue weighted by molar-refractivity contribution is -0.128. The first-order chi connectivity index (χ1) is 11.1. The van der Waals surface area contributed by atoms with Gasteiger partial charge in [-0.3, -0.25) is 9.59 Å². The van der Waals surface area contributed by atoms with Crippen LogP contribution in [0.3, 0.4) is 0 Å². The highest BCUT2D eigenvalue weighted by atomic mass is 16.5. The van der Waals surface area contributed by atoms with E-state index in [4.69, 9.17) is 4.74 Å². The Morgan fingerprint density at radius 1 is 1.39 bits per heavy atom. The zero-order chi connectivity index (χ0) is 16.2. The maximum absolute atomic E-state index is 12.6. The summed E-state index contributed by atoms with van der Waals surface area (Å²) in [6, 6.07) is 10.0. The van der Waals surface area contributed by atoms with Crippen molar-refractivity contribution in [3.63, 3.8) is 0 Å². The molecule has 5 heteroatoms. The van der Waals surface area contributed by atoms with E-state index in [0.717, 1.165) is 31.6 Å². The molecule has 0 saturated carbocycles. The summed E-state index contributed by atoms with van der Waals surface area (Å²) in [6.07, 6.45) is 2.24. The predicted molar refractivity (Wildman–Crippen MR) is 86.6 cm³/mol. The van der Waals surface area contributed by atoms with E-state index < -0.39 is 0 Å². The van der Waals surface area contributed by atoms with Crippen molar-refractivity contribution in [2.45, 2.75) is 25.3 Å². The normalized spacial score (nSPS) is 25.6. The quantitative estimate of drug-likeness (QED) is 0.900. The van der Waals surface area contributed by atoms with E-state index in [-0.39, 0.29) is 23.8 Å². The van der Waals surface area contributed by atoms with Gasteiger partial charge in [0, 0.05) is 33.2 Å². The van der Waals surface area contributed by atoms with E-state index in [1.807, 2.05) is 30.3 Å². The number of likely N-dealkylation sites (tertiary alicyclic amines) is 1. The third-order valence-corrected chi connectivity index (χ3v) is 4.82. The van der Waals surface area contributed by atoms with Crippen LogP contribution in [0.15, 0.2) is 30.3 Å². The largest absolute Gasteiger partial charge is 0.381 e. The molecule has 0 aliphatic carbocycles. The smallest absolute Gasteiger partial charge is 0.225 e. The summed E-state index contributed by atoms with van der Waals surface area (Å²) in [4.78, 5) is 25.9. The van der Waals surface area contributed by atoms with Gasteiger partial charge in [-0.1, -0.05) is 30.3 Å². The van der Waals surface area contributed by atoms with Crippen LogP contribution in [0.25, 0.3) is 0 Å². The van der Waals surface area contributed by atoms with Crippen LogP contribution in [0.4, 0.5) is 0 Å². The Labute approximate surface area is 137 Å². The fraction of sp³-hybridized carbons (Fsp3) is 0.556. The van der Waals surface area contributed by atoms with Crippen LogP contribution in [0, 0.1) is 11.8 Å². The molecule has 1 aromatic carbocycles. The molecule has 2 aliphatic heterocycles. The predicted octanol–water partition coefficient (Wildman–Crippen LogP) is 1.75. The van der Waals surface area contributed by atoms with Gasteiger partial charge in [0.25, 0.3) is 0 Å². The zero-order valence-corrected chi connectivity index (χ0v) is 13.5. The molecule has 1 aromatic rings. The molecule has 23 heavy (non-hydrogen) atoms. The van der Waals surface area contributed by atoms with E-state index >= 15 is 0 Å². The number of nitrogens with one attached hydrogen (secondary N) is 1. The number of nitrogens with zero attached hydrogens (tertiary/aromatic N) is 1. The van der Waals surface area contributed by atoms with E-state index in [9.17, 15) is 9.59 Å². The van der Waals surface area contributed by atoms with Crippen LogP contribution in [-0.2, 0) is 14.3 Å². The Bertz CT molecular complexity index is 555. The second-order valence-electron chi connectivity index (χ2n) is 6.61. The molecule has 0 bridgehead atoms. The van der Waals surface area contributed by atoms with Gasteiger partial charge in [0.1, 0.15) is 0 Å². The Kier molecular flexibility index (Phi) is 4.96. The number of ether oxygens (including phenoxy) is 1. The molecule has 124 valence electrons. The first kappa shape index (κ1) is 16.0. The van der Waals surface area contributed by atoms with Crippen molar-refractivity contribution < 1.29 is 14.3 Å². The molecule has 3 atom stereocenters. The first-order valence-electron chi connectivity index (χ1n) is 8.30. The molecule has 5 nitrogen and oxygen atoms in total. The van der Waals surface area contributed by atoms with Crippen LogP contribution in [-0.4, -0.2) is 43.5 Å². The standard InChI is InChI=1S/C18H24N2O3/c1-20-11-15(10-17(20)21)18(22)19-16(9-13-7-8-23-12-13)14-5-3-2-4-6-14/h2-6,13,15-16H,7-12H2,1H3,(H,19,22)/t13-,15+,16+/m0/s1. The van der Waals surface area contributed by atoms with Crippen LogP contribution < -0.4 is 5.32 Å². The zero-order valence-electron chi connectivity index (χ0n) is 13.5. The molecule has 0 radical (unpaired) electrons. The molecule has 2 amide bonds. The van der Waals surface area contributed by atoms with Crippen molar-refractivity contribution in [1.82, 2.24) is 10.2 Å². The molecule has 0 aromatic heterocycles. The summed E-state index contributed by atoms with van der Waals surface area (Å²) in [7, 11) is 1.75. The lowest BCUT2D eigenvalue weighted by Gasteiger charge is -2.23. The van der Waals surface area contributed by atoms with Crippen molar-refractivity contribution in [1.29, 1.82) is 0 Å². The van der Waals surface area contributed by atoms with Gasteiger partial charge in [0.2, 0.25) is 11.8 Å². The second-order valence-corrected chi connectivity index (χ2v) is 6.61. The minimum Gasteiger partial charge on any atom is -0.381 e. The maximum atomic E-state index is 12.6. The minimum absolute atomic E-state index is 0.0172. The molecule has 2 heterocycles. The van der Waals surface area contributed by atoms with E-state index in [2.05, 4.69) is 5.32 Å². The Morgan fingerprint density at radius 2 is 2.17 bits per heavy atom. The number of rotatable bonds is 5. The summed E-state index contributed by atoms with van der Waals surface area (Å²) >= 11 is 0. The molecule has 2 saturated heterocycles. The van der Waals surface area contributed by atoms with E-state index in [0.29, 0.717) is 18.9 Å². The Hall–Kier alpha value is -1.88. The monoisotopic (exact) mass is 316 g/mol. The highest BCUT2D eigenvalue weighted by molar-refractivity contribution is 5.89. The van der Waals surface area contributed by atoms with Gasteiger partial charge in [0.05, 0.1) is 12.0 Å². The SMILES string of the molecule is CN1C[C@H](C(=O)N[C@H](C[C@@H]2CCOC2)c2ccccc2)CC1=O. The molecule has 1 N–H and O–H groups in total. The molecule has 2 aliphatic rings. The first-order valence-corrected chi connectivity index (χ1v) is 8.30. The lowest BCUT2D eigenvalue weighted by atomic mass is 9.93. The molecular formula is C18H24N2O3. The summed E-state index contributed by atoms with van der Waals surface area (Å²) in [5.74, 6) is 0.271. The summed E-state index contributed by atoms with van der Waals surface area (Å²) in [5.41, 5.74) is 1.12. The van der Waals surface area contributed by atoms with Crippen LogP contribution in [0.1, 0.15) is 30.9 Å². The fourth-order valence-electron chi connectivity index (χ4n) is 3.39. The Morgan fingerprint density at radius 3 is 2.78 bits per heavy atom. The van der Waals surface area contributed by atoms with Gasteiger partial charge in [-0.25, -0.2) is 0 Å². The number of amides is 2. The van der Waals surface area contributed by atoms with Crippen molar-refractivity contribution in [3.8, 4) is 0 Å². The highest BCUT2D eigenvalue weighted by Crippen LogP contribution is 2.27.